The Labute approximate surface area is 123 Å². The fourth-order valence-electron chi connectivity index (χ4n) is 3.18. The Balaban J connectivity index is 1.77. The summed E-state index contributed by atoms with van der Waals surface area (Å²) in [5.74, 6) is -0.100. The molecule has 1 heterocycles. The second-order valence-corrected chi connectivity index (χ2v) is 5.77. The van der Waals surface area contributed by atoms with Crippen LogP contribution >= 0.6 is 0 Å². The summed E-state index contributed by atoms with van der Waals surface area (Å²) in [4.78, 5) is 26.0. The molecule has 1 saturated carbocycles. The SMILES string of the molecule is N#Cc1ccc(CN2C(=O)NC3(CCCCC3)C2=O)cc1. The first-order valence-corrected chi connectivity index (χ1v) is 7.28. The number of carbonyl (C=O) groups is 2. The molecule has 0 radical (unpaired) electrons. The third kappa shape index (κ3) is 2.38. The van der Waals surface area contributed by atoms with Crippen molar-refractivity contribution in [2.24, 2.45) is 0 Å². The molecule has 2 aliphatic rings. The fourth-order valence-corrected chi connectivity index (χ4v) is 3.18. The van der Waals surface area contributed by atoms with Gasteiger partial charge >= 0.3 is 6.03 Å². The van der Waals surface area contributed by atoms with Crippen molar-refractivity contribution in [3.63, 3.8) is 0 Å². The van der Waals surface area contributed by atoms with Gasteiger partial charge in [-0.15, -0.1) is 0 Å². The van der Waals surface area contributed by atoms with Crippen LogP contribution in [0.5, 0.6) is 0 Å². The van der Waals surface area contributed by atoms with Crippen molar-refractivity contribution in [1.29, 1.82) is 5.26 Å². The number of urea groups is 1. The molecule has 0 unspecified atom stereocenters. The number of nitriles is 1. The first kappa shape index (κ1) is 13.6. The highest BCUT2D eigenvalue weighted by molar-refractivity contribution is 6.07. The Kier molecular flexibility index (Phi) is 3.38. The highest BCUT2D eigenvalue weighted by atomic mass is 16.2. The molecule has 0 aromatic heterocycles. The molecule has 0 bridgehead atoms. The number of rotatable bonds is 2. The van der Waals surface area contributed by atoms with Gasteiger partial charge in [0.2, 0.25) is 0 Å². The van der Waals surface area contributed by atoms with Crippen molar-refractivity contribution in [2.75, 3.05) is 0 Å². The van der Waals surface area contributed by atoms with Gasteiger partial charge in [0.1, 0.15) is 5.54 Å². The number of hydrogen-bond acceptors (Lipinski definition) is 3. The highest BCUT2D eigenvalue weighted by Crippen LogP contribution is 2.34. The molecule has 3 rings (SSSR count). The van der Waals surface area contributed by atoms with E-state index in [-0.39, 0.29) is 18.5 Å². The molecule has 1 aliphatic carbocycles. The molecular formula is C16H17N3O2. The second kappa shape index (κ2) is 5.21. The van der Waals surface area contributed by atoms with Crippen molar-refractivity contribution in [1.82, 2.24) is 10.2 Å². The minimum absolute atomic E-state index is 0.100. The molecule has 1 aromatic rings. The number of hydrogen-bond donors (Lipinski definition) is 1. The van der Waals surface area contributed by atoms with Crippen molar-refractivity contribution < 1.29 is 9.59 Å². The Morgan fingerprint density at radius 2 is 1.81 bits per heavy atom. The predicted molar refractivity (Wildman–Crippen MR) is 76.1 cm³/mol. The van der Waals surface area contributed by atoms with E-state index in [1.165, 1.54) is 4.90 Å². The van der Waals surface area contributed by atoms with E-state index in [4.69, 9.17) is 5.26 Å². The van der Waals surface area contributed by atoms with Crippen molar-refractivity contribution in [3.8, 4) is 6.07 Å². The average Bonchev–Trinajstić information content (AvgIpc) is 2.73. The van der Waals surface area contributed by atoms with Crippen LogP contribution in [-0.2, 0) is 11.3 Å². The number of nitrogens with one attached hydrogen (secondary N) is 1. The summed E-state index contributed by atoms with van der Waals surface area (Å²) in [6.45, 7) is 0.262. The van der Waals surface area contributed by atoms with Gasteiger partial charge in [-0.05, 0) is 30.5 Å². The highest BCUT2D eigenvalue weighted by Gasteiger charge is 2.51. The van der Waals surface area contributed by atoms with Crippen LogP contribution in [0, 0.1) is 11.3 Å². The van der Waals surface area contributed by atoms with E-state index in [1.807, 2.05) is 0 Å². The lowest BCUT2D eigenvalue weighted by Gasteiger charge is -2.30. The summed E-state index contributed by atoms with van der Waals surface area (Å²) in [6, 6.07) is 8.71. The Hall–Kier alpha value is -2.35. The molecule has 1 saturated heterocycles. The molecule has 0 atom stereocenters. The zero-order valence-corrected chi connectivity index (χ0v) is 11.8. The van der Waals surface area contributed by atoms with Crippen LogP contribution in [0.2, 0.25) is 0 Å². The molecule has 1 spiro atoms. The summed E-state index contributed by atoms with van der Waals surface area (Å²) in [5, 5.41) is 11.7. The van der Waals surface area contributed by atoms with Gasteiger partial charge in [-0.25, -0.2) is 4.79 Å². The molecule has 2 fully saturated rings. The largest absolute Gasteiger partial charge is 0.325 e. The van der Waals surface area contributed by atoms with E-state index in [2.05, 4.69) is 11.4 Å². The number of amides is 3. The normalized spacial score (nSPS) is 20.4. The van der Waals surface area contributed by atoms with Crippen LogP contribution in [0.3, 0.4) is 0 Å². The molecule has 21 heavy (non-hydrogen) atoms. The lowest BCUT2D eigenvalue weighted by atomic mass is 9.82. The summed E-state index contributed by atoms with van der Waals surface area (Å²) in [6.07, 6.45) is 4.57. The van der Waals surface area contributed by atoms with Gasteiger partial charge in [-0.1, -0.05) is 31.4 Å². The summed E-state index contributed by atoms with van der Waals surface area (Å²) >= 11 is 0. The Morgan fingerprint density at radius 3 is 2.43 bits per heavy atom. The van der Waals surface area contributed by atoms with Crippen LogP contribution < -0.4 is 5.32 Å². The average molecular weight is 283 g/mol. The van der Waals surface area contributed by atoms with E-state index in [9.17, 15) is 9.59 Å². The fraction of sp³-hybridized carbons (Fsp3) is 0.438. The number of benzene rings is 1. The van der Waals surface area contributed by atoms with Gasteiger partial charge in [0.05, 0.1) is 18.2 Å². The van der Waals surface area contributed by atoms with Gasteiger partial charge in [-0.2, -0.15) is 5.26 Å². The van der Waals surface area contributed by atoms with E-state index < -0.39 is 5.54 Å². The topological polar surface area (TPSA) is 73.2 Å². The van der Waals surface area contributed by atoms with E-state index >= 15 is 0 Å². The van der Waals surface area contributed by atoms with E-state index in [0.717, 1.165) is 37.7 Å². The lowest BCUT2D eigenvalue weighted by molar-refractivity contribution is -0.132. The maximum atomic E-state index is 12.6. The van der Waals surface area contributed by atoms with Gasteiger partial charge in [0.25, 0.3) is 5.91 Å². The Morgan fingerprint density at radius 1 is 1.14 bits per heavy atom. The maximum Gasteiger partial charge on any atom is 0.325 e. The first-order valence-electron chi connectivity index (χ1n) is 7.28. The smallest absolute Gasteiger partial charge is 0.323 e. The minimum atomic E-state index is -0.665. The van der Waals surface area contributed by atoms with Gasteiger partial charge in [0.15, 0.2) is 0 Å². The van der Waals surface area contributed by atoms with E-state index in [0.29, 0.717) is 5.56 Å². The summed E-state index contributed by atoms with van der Waals surface area (Å²) < 4.78 is 0. The molecule has 1 aromatic carbocycles. The third-order valence-corrected chi connectivity index (χ3v) is 4.38. The van der Waals surface area contributed by atoms with Crippen LogP contribution in [0.1, 0.15) is 43.2 Å². The third-order valence-electron chi connectivity index (χ3n) is 4.38. The van der Waals surface area contributed by atoms with Gasteiger partial charge in [0, 0.05) is 0 Å². The van der Waals surface area contributed by atoms with Crippen LogP contribution in [0.25, 0.3) is 0 Å². The lowest BCUT2D eigenvalue weighted by Crippen LogP contribution is -2.48. The molecular weight excluding hydrogens is 266 g/mol. The Bertz CT molecular complexity index is 609. The molecule has 108 valence electrons. The van der Waals surface area contributed by atoms with Crippen molar-refractivity contribution in [3.05, 3.63) is 35.4 Å². The maximum absolute atomic E-state index is 12.6. The molecule has 1 N–H and O–H groups in total. The number of carbonyl (C=O) groups excluding carboxylic acids is 2. The summed E-state index contributed by atoms with van der Waals surface area (Å²) in [7, 11) is 0. The zero-order valence-electron chi connectivity index (χ0n) is 11.8. The van der Waals surface area contributed by atoms with Crippen LogP contribution in [0.15, 0.2) is 24.3 Å². The monoisotopic (exact) mass is 283 g/mol. The number of nitrogens with zero attached hydrogens (tertiary/aromatic N) is 2. The minimum Gasteiger partial charge on any atom is -0.323 e. The number of imide groups is 1. The zero-order chi connectivity index (χ0) is 14.9. The molecule has 5 nitrogen and oxygen atoms in total. The van der Waals surface area contributed by atoms with Crippen molar-refractivity contribution >= 4 is 11.9 Å². The van der Waals surface area contributed by atoms with Crippen LogP contribution in [-0.4, -0.2) is 22.4 Å². The standard InChI is InChI=1S/C16H17N3O2/c17-10-12-4-6-13(7-5-12)11-19-14(20)16(18-15(19)21)8-2-1-3-9-16/h4-7H,1-3,8-9,11H2,(H,18,21). The summed E-state index contributed by atoms with van der Waals surface area (Å²) in [5.41, 5.74) is 0.757. The van der Waals surface area contributed by atoms with Crippen LogP contribution in [0.4, 0.5) is 4.79 Å². The second-order valence-electron chi connectivity index (χ2n) is 5.77. The van der Waals surface area contributed by atoms with Gasteiger partial charge < -0.3 is 5.32 Å². The van der Waals surface area contributed by atoms with E-state index in [1.54, 1.807) is 24.3 Å². The molecule has 5 heteroatoms. The molecule has 3 amide bonds. The van der Waals surface area contributed by atoms with Crippen molar-refractivity contribution in [2.45, 2.75) is 44.2 Å². The van der Waals surface area contributed by atoms with Gasteiger partial charge in [-0.3, -0.25) is 9.69 Å². The molecule has 1 aliphatic heterocycles. The first-order chi connectivity index (χ1) is 10.1. The predicted octanol–water partition coefficient (Wildman–Crippen LogP) is 2.31. The quantitative estimate of drug-likeness (QED) is 0.846.